The number of phenolic OH excluding ortho intramolecular Hbond substituents is 1. The Morgan fingerprint density at radius 2 is 1.93 bits per heavy atom. The zero-order valence-electron chi connectivity index (χ0n) is 8.13. The molecule has 0 saturated heterocycles. The van der Waals surface area contributed by atoms with Crippen LogP contribution in [0.4, 0.5) is 0 Å². The van der Waals surface area contributed by atoms with Crippen LogP contribution in [-0.2, 0) is 6.61 Å². The molecule has 1 aromatic heterocycles. The molecule has 1 aromatic carbocycles. The lowest BCUT2D eigenvalue weighted by molar-refractivity contribution is 0.305. The van der Waals surface area contributed by atoms with Gasteiger partial charge in [-0.15, -0.1) is 0 Å². The molecular weight excluding hydrogens is 190 g/mol. The molecule has 76 valence electrons. The van der Waals surface area contributed by atoms with E-state index in [0.29, 0.717) is 6.61 Å². The lowest BCUT2D eigenvalue weighted by Gasteiger charge is -2.05. The summed E-state index contributed by atoms with van der Waals surface area (Å²) in [6, 6.07) is 10.5. The quantitative estimate of drug-likeness (QED) is 0.828. The van der Waals surface area contributed by atoms with E-state index in [2.05, 4.69) is 4.98 Å². The minimum atomic E-state index is 0.240. The van der Waals surface area contributed by atoms with Crippen molar-refractivity contribution in [1.29, 1.82) is 0 Å². The van der Waals surface area contributed by atoms with E-state index in [1.54, 1.807) is 36.7 Å². The van der Waals surface area contributed by atoms with E-state index in [0.717, 1.165) is 11.3 Å². The van der Waals surface area contributed by atoms with E-state index in [-0.39, 0.29) is 5.75 Å². The van der Waals surface area contributed by atoms with Crippen molar-refractivity contribution < 1.29 is 9.84 Å². The van der Waals surface area contributed by atoms with E-state index >= 15 is 0 Å². The molecule has 2 rings (SSSR count). The molecule has 0 saturated carbocycles. The number of rotatable bonds is 3. The van der Waals surface area contributed by atoms with Crippen LogP contribution in [0.25, 0.3) is 0 Å². The molecule has 0 unspecified atom stereocenters. The maximum atomic E-state index is 9.08. The minimum absolute atomic E-state index is 0.240. The zero-order valence-corrected chi connectivity index (χ0v) is 8.13. The third kappa shape index (κ3) is 2.71. The highest BCUT2D eigenvalue weighted by molar-refractivity contribution is 5.30. The maximum absolute atomic E-state index is 9.08. The van der Waals surface area contributed by atoms with Crippen LogP contribution in [0, 0.1) is 0 Å². The van der Waals surface area contributed by atoms with E-state index in [1.807, 2.05) is 12.1 Å². The first-order chi connectivity index (χ1) is 7.34. The summed E-state index contributed by atoms with van der Waals surface area (Å²) in [5.74, 6) is 0.973. The first-order valence-electron chi connectivity index (χ1n) is 4.65. The summed E-state index contributed by atoms with van der Waals surface area (Å²) in [5.41, 5.74) is 1.02. The van der Waals surface area contributed by atoms with Gasteiger partial charge in [-0.3, -0.25) is 4.98 Å². The second-order valence-electron chi connectivity index (χ2n) is 3.14. The molecule has 15 heavy (non-hydrogen) atoms. The van der Waals surface area contributed by atoms with E-state index in [1.165, 1.54) is 0 Å². The molecule has 0 aliphatic carbocycles. The fourth-order valence-electron chi connectivity index (χ4n) is 1.19. The van der Waals surface area contributed by atoms with E-state index < -0.39 is 0 Å². The molecule has 2 aromatic rings. The standard InChI is InChI=1S/C12H11NO2/c14-11-3-5-12(6-4-11)15-9-10-2-1-7-13-8-10/h1-8,14H,9H2. The molecule has 0 aliphatic rings. The Hall–Kier alpha value is -2.03. The van der Waals surface area contributed by atoms with Crippen LogP contribution in [0.1, 0.15) is 5.56 Å². The van der Waals surface area contributed by atoms with Crippen molar-refractivity contribution in [1.82, 2.24) is 4.98 Å². The lowest BCUT2D eigenvalue weighted by Crippen LogP contribution is -1.95. The molecule has 0 bridgehead atoms. The van der Waals surface area contributed by atoms with Gasteiger partial charge in [0, 0.05) is 18.0 Å². The normalized spacial score (nSPS) is 9.87. The van der Waals surface area contributed by atoms with E-state index in [4.69, 9.17) is 9.84 Å². The molecule has 0 amide bonds. The predicted octanol–water partition coefficient (Wildman–Crippen LogP) is 2.37. The molecule has 3 heteroatoms. The van der Waals surface area contributed by atoms with Crippen molar-refractivity contribution >= 4 is 0 Å². The van der Waals surface area contributed by atoms with Crippen molar-refractivity contribution in [2.45, 2.75) is 6.61 Å². The van der Waals surface area contributed by atoms with Crippen LogP contribution < -0.4 is 4.74 Å². The Morgan fingerprint density at radius 3 is 2.60 bits per heavy atom. The van der Waals surface area contributed by atoms with Gasteiger partial charge in [-0.05, 0) is 30.3 Å². The summed E-state index contributed by atoms with van der Waals surface area (Å²) in [5, 5.41) is 9.08. The molecular formula is C12H11NO2. The average Bonchev–Trinajstić information content (AvgIpc) is 2.30. The monoisotopic (exact) mass is 201 g/mol. The first-order valence-corrected chi connectivity index (χ1v) is 4.65. The molecule has 1 N–H and O–H groups in total. The van der Waals surface area contributed by atoms with Gasteiger partial charge >= 0.3 is 0 Å². The van der Waals surface area contributed by atoms with Crippen molar-refractivity contribution in [2.24, 2.45) is 0 Å². The van der Waals surface area contributed by atoms with Crippen LogP contribution in [0.3, 0.4) is 0 Å². The molecule has 0 aliphatic heterocycles. The third-order valence-corrected chi connectivity index (χ3v) is 1.97. The summed E-state index contributed by atoms with van der Waals surface area (Å²) in [6.07, 6.45) is 3.49. The van der Waals surface area contributed by atoms with Gasteiger partial charge < -0.3 is 9.84 Å². The predicted molar refractivity (Wildman–Crippen MR) is 56.7 cm³/mol. The van der Waals surface area contributed by atoms with Gasteiger partial charge in [0.25, 0.3) is 0 Å². The summed E-state index contributed by atoms with van der Waals surface area (Å²) >= 11 is 0. The highest BCUT2D eigenvalue weighted by Crippen LogP contribution is 2.16. The number of aromatic hydroxyl groups is 1. The van der Waals surface area contributed by atoms with Gasteiger partial charge in [0.2, 0.25) is 0 Å². The Labute approximate surface area is 88.0 Å². The third-order valence-electron chi connectivity index (χ3n) is 1.97. The number of hydrogen-bond donors (Lipinski definition) is 1. The van der Waals surface area contributed by atoms with E-state index in [9.17, 15) is 0 Å². The van der Waals surface area contributed by atoms with Crippen LogP contribution >= 0.6 is 0 Å². The maximum Gasteiger partial charge on any atom is 0.120 e. The Kier molecular flexibility index (Phi) is 2.83. The molecule has 3 nitrogen and oxygen atoms in total. The number of aromatic nitrogens is 1. The SMILES string of the molecule is Oc1ccc(OCc2cccnc2)cc1. The fourth-order valence-corrected chi connectivity index (χ4v) is 1.19. The number of nitrogens with zero attached hydrogens (tertiary/aromatic N) is 1. The summed E-state index contributed by atoms with van der Waals surface area (Å²) < 4.78 is 5.50. The van der Waals surface area contributed by atoms with Gasteiger partial charge in [0.05, 0.1) is 0 Å². The van der Waals surface area contributed by atoms with Gasteiger partial charge in [-0.2, -0.15) is 0 Å². The minimum Gasteiger partial charge on any atom is -0.508 e. The fraction of sp³-hybridized carbons (Fsp3) is 0.0833. The summed E-state index contributed by atoms with van der Waals surface area (Å²) in [4.78, 5) is 3.99. The summed E-state index contributed by atoms with van der Waals surface area (Å²) in [6.45, 7) is 0.485. The molecule has 0 atom stereocenters. The Balaban J connectivity index is 1.96. The van der Waals surface area contributed by atoms with Crippen LogP contribution in [0.15, 0.2) is 48.8 Å². The lowest BCUT2D eigenvalue weighted by atomic mass is 10.3. The molecule has 0 fully saturated rings. The smallest absolute Gasteiger partial charge is 0.120 e. The second-order valence-corrected chi connectivity index (χ2v) is 3.14. The average molecular weight is 201 g/mol. The second kappa shape index (κ2) is 4.46. The van der Waals surface area contributed by atoms with Crippen molar-refractivity contribution in [3.63, 3.8) is 0 Å². The highest BCUT2D eigenvalue weighted by Gasteiger charge is 1.95. The number of ether oxygens (including phenoxy) is 1. The zero-order chi connectivity index (χ0) is 10.5. The van der Waals surface area contributed by atoms with Crippen molar-refractivity contribution in [3.8, 4) is 11.5 Å². The Bertz CT molecular complexity index is 411. The van der Waals surface area contributed by atoms with Gasteiger partial charge in [-0.1, -0.05) is 6.07 Å². The number of phenols is 1. The van der Waals surface area contributed by atoms with Crippen LogP contribution in [-0.4, -0.2) is 10.1 Å². The Morgan fingerprint density at radius 1 is 1.13 bits per heavy atom. The topological polar surface area (TPSA) is 42.4 Å². The molecule has 0 radical (unpaired) electrons. The molecule has 0 spiro atoms. The van der Waals surface area contributed by atoms with Crippen molar-refractivity contribution in [3.05, 3.63) is 54.4 Å². The highest BCUT2D eigenvalue weighted by atomic mass is 16.5. The van der Waals surface area contributed by atoms with Crippen LogP contribution in [0.2, 0.25) is 0 Å². The summed E-state index contributed by atoms with van der Waals surface area (Å²) in [7, 11) is 0. The number of hydrogen-bond acceptors (Lipinski definition) is 3. The number of pyridine rings is 1. The van der Waals surface area contributed by atoms with Gasteiger partial charge in [-0.25, -0.2) is 0 Å². The number of benzene rings is 1. The largest absolute Gasteiger partial charge is 0.508 e. The van der Waals surface area contributed by atoms with Crippen molar-refractivity contribution in [2.75, 3.05) is 0 Å². The molecule has 1 heterocycles. The first kappa shape index (κ1) is 9.52. The van der Waals surface area contributed by atoms with Crippen LogP contribution in [0.5, 0.6) is 11.5 Å². The van der Waals surface area contributed by atoms with Gasteiger partial charge in [0.1, 0.15) is 18.1 Å². The van der Waals surface area contributed by atoms with Gasteiger partial charge in [0.15, 0.2) is 0 Å².